The molecule has 0 amide bonds. The average Bonchev–Trinajstić information content (AvgIpc) is 3.24. The highest BCUT2D eigenvalue weighted by molar-refractivity contribution is 7.85. The summed E-state index contributed by atoms with van der Waals surface area (Å²) in [6, 6.07) is 0. The monoisotopic (exact) mass is 897 g/mol. The van der Waals surface area contributed by atoms with Gasteiger partial charge in [-0.15, -0.1) is 0 Å². The minimum absolute atomic E-state index is 0.0410. The van der Waals surface area contributed by atoms with Crippen LogP contribution in [0.5, 0.6) is 0 Å². The molecule has 1 saturated heterocycles. The van der Waals surface area contributed by atoms with Crippen LogP contribution in [0, 0.1) is 0 Å². The smallest absolute Gasteiger partial charge is 0.306 e. The van der Waals surface area contributed by atoms with E-state index in [4.69, 9.17) is 18.9 Å². The minimum atomic E-state index is -4.61. The molecule has 0 bridgehead atoms. The second-order valence-corrected chi connectivity index (χ2v) is 17.9. The topological polar surface area (TPSA) is 186 Å². The van der Waals surface area contributed by atoms with Crippen LogP contribution in [-0.2, 0) is 38.7 Å². The van der Waals surface area contributed by atoms with Crippen LogP contribution >= 0.6 is 0 Å². The summed E-state index contributed by atoms with van der Waals surface area (Å²) >= 11 is 0. The predicted molar refractivity (Wildman–Crippen MR) is 247 cm³/mol. The number of ether oxygens (including phenoxy) is 4. The Labute approximate surface area is 375 Å². The molecule has 6 atom stereocenters. The fourth-order valence-corrected chi connectivity index (χ4v) is 7.61. The summed E-state index contributed by atoms with van der Waals surface area (Å²) < 4.78 is 54.0. The molecule has 0 spiro atoms. The van der Waals surface area contributed by atoms with Crippen LogP contribution in [0.4, 0.5) is 0 Å². The second kappa shape index (κ2) is 38.8. The Morgan fingerprint density at radius 3 is 1.58 bits per heavy atom. The summed E-state index contributed by atoms with van der Waals surface area (Å²) in [5, 5.41) is 30.9. The molecule has 358 valence electrons. The van der Waals surface area contributed by atoms with Crippen LogP contribution in [0.15, 0.2) is 60.8 Å². The van der Waals surface area contributed by atoms with Gasteiger partial charge in [0, 0.05) is 12.8 Å². The summed E-state index contributed by atoms with van der Waals surface area (Å²) in [5.74, 6) is -2.09. The summed E-state index contributed by atoms with van der Waals surface area (Å²) in [5.41, 5.74) is 0. The normalized spacial score (nSPS) is 20.4. The van der Waals surface area contributed by atoms with E-state index in [9.17, 15) is 37.9 Å². The summed E-state index contributed by atoms with van der Waals surface area (Å²) in [7, 11) is -4.61. The maximum absolute atomic E-state index is 12.8. The van der Waals surface area contributed by atoms with E-state index in [1.165, 1.54) is 96.3 Å². The van der Waals surface area contributed by atoms with Crippen LogP contribution in [0.3, 0.4) is 0 Å². The minimum Gasteiger partial charge on any atom is -0.462 e. The van der Waals surface area contributed by atoms with Crippen LogP contribution < -0.4 is 0 Å². The van der Waals surface area contributed by atoms with Crippen molar-refractivity contribution in [1.82, 2.24) is 0 Å². The maximum Gasteiger partial charge on any atom is 0.306 e. The van der Waals surface area contributed by atoms with Gasteiger partial charge in [0.1, 0.15) is 36.8 Å². The van der Waals surface area contributed by atoms with Crippen LogP contribution in [0.1, 0.15) is 181 Å². The van der Waals surface area contributed by atoms with Crippen molar-refractivity contribution in [1.29, 1.82) is 0 Å². The number of esters is 2. The highest BCUT2D eigenvalue weighted by Crippen LogP contribution is 2.24. The molecule has 1 rings (SSSR count). The van der Waals surface area contributed by atoms with E-state index in [-0.39, 0.29) is 19.4 Å². The first-order valence-corrected chi connectivity index (χ1v) is 25.5. The van der Waals surface area contributed by atoms with E-state index in [2.05, 4.69) is 56.4 Å². The Morgan fingerprint density at radius 1 is 0.565 bits per heavy atom. The zero-order valence-electron chi connectivity index (χ0n) is 38.2. The van der Waals surface area contributed by atoms with Crippen molar-refractivity contribution in [2.24, 2.45) is 0 Å². The van der Waals surface area contributed by atoms with Gasteiger partial charge in [0.2, 0.25) is 0 Å². The van der Waals surface area contributed by atoms with Crippen molar-refractivity contribution in [3.63, 3.8) is 0 Å². The average molecular weight is 897 g/mol. The summed E-state index contributed by atoms with van der Waals surface area (Å²) in [6.45, 7) is 3.58. The maximum atomic E-state index is 12.8. The highest BCUT2D eigenvalue weighted by atomic mass is 32.2. The van der Waals surface area contributed by atoms with Gasteiger partial charge in [-0.3, -0.25) is 14.1 Å². The third-order valence-electron chi connectivity index (χ3n) is 10.6. The van der Waals surface area contributed by atoms with Gasteiger partial charge in [0.05, 0.1) is 6.61 Å². The second-order valence-electron chi connectivity index (χ2n) is 16.4. The molecule has 1 fully saturated rings. The van der Waals surface area contributed by atoms with E-state index in [1.54, 1.807) is 0 Å². The standard InChI is InChI=1S/C49H84O12S/c1-3-5-7-9-11-13-15-17-18-19-20-21-22-23-24-26-27-29-31-33-35-37-44(50)58-39-42(40-59-49-48(54)47(53)46(52)43(61-49)41-62(55,56)57)60-45(51)38-36-34-32-30-28-25-16-14-12-10-8-6-4-2/h6,8,12,14,19-20,25,28,32,34,42-43,46-49,52-54H,3-5,7,9-11,13,15-18,21-24,26-27,29-31,33,35-41H2,1-2H3,(H,55,56,57)/b8-6-,14-12-,20-19-,28-25-,34-32-. The number of rotatable bonds is 39. The van der Waals surface area contributed by atoms with Crippen molar-refractivity contribution in [3.8, 4) is 0 Å². The van der Waals surface area contributed by atoms with E-state index < -0.39 is 71.2 Å². The number of aliphatic hydroxyl groups excluding tert-OH is 3. The van der Waals surface area contributed by atoms with Gasteiger partial charge in [0.15, 0.2) is 12.4 Å². The highest BCUT2D eigenvalue weighted by Gasteiger charge is 2.46. The Kier molecular flexibility index (Phi) is 35.9. The molecule has 0 aliphatic carbocycles. The largest absolute Gasteiger partial charge is 0.462 e. The third-order valence-corrected chi connectivity index (χ3v) is 11.3. The first-order valence-electron chi connectivity index (χ1n) is 23.8. The SMILES string of the molecule is CC/C=C\C/C=C\C/C=C\C/C=C\CCC(=O)OC(COC(=O)CCCCCCCCCCC/C=C\CCCCCCCCCC)COC1OC(CS(=O)(=O)O)C(O)C(O)C1O. The lowest BCUT2D eigenvalue weighted by Gasteiger charge is -2.40. The fourth-order valence-electron chi connectivity index (χ4n) is 6.92. The van der Waals surface area contributed by atoms with E-state index in [0.29, 0.717) is 19.3 Å². The van der Waals surface area contributed by atoms with Gasteiger partial charge in [-0.2, -0.15) is 8.42 Å². The van der Waals surface area contributed by atoms with Crippen LogP contribution in [0.2, 0.25) is 0 Å². The van der Waals surface area contributed by atoms with Gasteiger partial charge in [-0.05, 0) is 64.2 Å². The molecule has 0 aromatic carbocycles. The summed E-state index contributed by atoms with van der Waals surface area (Å²) in [4.78, 5) is 25.4. The molecular formula is C49H84O12S. The third kappa shape index (κ3) is 32.9. The van der Waals surface area contributed by atoms with Crippen LogP contribution in [-0.4, -0.2) is 96.0 Å². The molecule has 0 aromatic heterocycles. The first kappa shape index (κ1) is 57.4. The first-order chi connectivity index (χ1) is 30.0. The zero-order valence-corrected chi connectivity index (χ0v) is 39.0. The molecule has 12 nitrogen and oxygen atoms in total. The Hall–Kier alpha value is -2.65. The number of carbonyl (C=O) groups is 2. The van der Waals surface area contributed by atoms with E-state index >= 15 is 0 Å². The molecule has 0 radical (unpaired) electrons. The molecule has 62 heavy (non-hydrogen) atoms. The Bertz CT molecular complexity index is 1370. The zero-order chi connectivity index (χ0) is 45.5. The van der Waals surface area contributed by atoms with Gasteiger partial charge >= 0.3 is 11.9 Å². The van der Waals surface area contributed by atoms with E-state index in [1.807, 2.05) is 18.2 Å². The van der Waals surface area contributed by atoms with Crippen molar-refractivity contribution < 1.29 is 56.8 Å². The molecule has 13 heteroatoms. The molecule has 0 aromatic rings. The Morgan fingerprint density at radius 2 is 1.05 bits per heavy atom. The van der Waals surface area contributed by atoms with Crippen molar-refractivity contribution in [2.75, 3.05) is 19.0 Å². The van der Waals surface area contributed by atoms with Gasteiger partial charge in [0.25, 0.3) is 10.1 Å². The lowest BCUT2D eigenvalue weighted by atomic mass is 10.00. The van der Waals surface area contributed by atoms with Gasteiger partial charge in [-0.25, -0.2) is 0 Å². The van der Waals surface area contributed by atoms with Crippen molar-refractivity contribution in [3.05, 3.63) is 60.8 Å². The molecule has 0 saturated carbocycles. The molecule has 1 heterocycles. The number of hydrogen-bond donors (Lipinski definition) is 4. The van der Waals surface area contributed by atoms with Crippen LogP contribution in [0.25, 0.3) is 0 Å². The van der Waals surface area contributed by atoms with E-state index in [0.717, 1.165) is 38.5 Å². The number of allylic oxidation sites excluding steroid dienone is 10. The molecule has 6 unspecified atom stereocenters. The number of unbranched alkanes of at least 4 members (excludes halogenated alkanes) is 17. The Balaban J connectivity index is 2.41. The number of hydrogen-bond acceptors (Lipinski definition) is 11. The molecule has 1 aliphatic rings. The summed E-state index contributed by atoms with van der Waals surface area (Å²) in [6.07, 6.45) is 38.6. The van der Waals surface area contributed by atoms with Crippen molar-refractivity contribution >= 4 is 22.1 Å². The quantitative estimate of drug-likeness (QED) is 0.0198. The predicted octanol–water partition coefficient (Wildman–Crippen LogP) is 10.1. The fraction of sp³-hybridized carbons (Fsp3) is 0.755. The molecule has 4 N–H and O–H groups in total. The van der Waals surface area contributed by atoms with Crippen molar-refractivity contribution in [2.45, 2.75) is 218 Å². The lowest BCUT2D eigenvalue weighted by molar-refractivity contribution is -0.297. The lowest BCUT2D eigenvalue weighted by Crippen LogP contribution is -2.60. The molecule has 1 aliphatic heterocycles. The van der Waals surface area contributed by atoms with Gasteiger partial charge < -0.3 is 34.3 Å². The number of carbonyl (C=O) groups excluding carboxylic acids is 2. The number of aliphatic hydroxyl groups is 3. The molecular weight excluding hydrogens is 813 g/mol. The van der Waals surface area contributed by atoms with Gasteiger partial charge in [-0.1, -0.05) is 164 Å².